The number of hydrogen-bond acceptors (Lipinski definition) is 2. The van der Waals surface area contributed by atoms with E-state index in [1.54, 1.807) is 12.1 Å². The van der Waals surface area contributed by atoms with Gasteiger partial charge in [0.2, 0.25) is 0 Å². The number of halogens is 2. The van der Waals surface area contributed by atoms with E-state index in [4.69, 9.17) is 0 Å². The molecule has 1 N–H and O–H groups in total. The van der Waals surface area contributed by atoms with Crippen molar-refractivity contribution in [3.63, 3.8) is 0 Å². The molecule has 2 rings (SSSR count). The van der Waals surface area contributed by atoms with Crippen molar-refractivity contribution >= 4 is 0 Å². The summed E-state index contributed by atoms with van der Waals surface area (Å²) in [6, 6.07) is 7.32. The first-order valence-corrected chi connectivity index (χ1v) is 6.96. The van der Waals surface area contributed by atoms with E-state index in [2.05, 4.69) is 10.2 Å². The van der Waals surface area contributed by atoms with Crippen LogP contribution in [0.3, 0.4) is 0 Å². The Morgan fingerprint density at radius 1 is 1.37 bits per heavy atom. The van der Waals surface area contributed by atoms with Crippen LogP contribution in [0, 0.1) is 0 Å². The lowest BCUT2D eigenvalue weighted by Gasteiger charge is -2.35. The summed E-state index contributed by atoms with van der Waals surface area (Å²) >= 11 is 0. The molecule has 1 fully saturated rings. The van der Waals surface area contributed by atoms with Gasteiger partial charge in [0.25, 0.3) is 6.43 Å². The number of hydrogen-bond donors (Lipinski definition) is 1. The van der Waals surface area contributed by atoms with Crippen LogP contribution in [0.2, 0.25) is 0 Å². The number of rotatable bonds is 5. The van der Waals surface area contributed by atoms with Crippen LogP contribution in [0.25, 0.3) is 0 Å². The topological polar surface area (TPSA) is 15.3 Å². The highest BCUT2D eigenvalue weighted by Crippen LogP contribution is 2.23. The molecule has 0 saturated carbocycles. The van der Waals surface area contributed by atoms with Gasteiger partial charge in [-0.1, -0.05) is 24.6 Å². The van der Waals surface area contributed by atoms with Gasteiger partial charge in [0, 0.05) is 24.7 Å². The zero-order valence-electron chi connectivity index (χ0n) is 11.4. The van der Waals surface area contributed by atoms with Crippen LogP contribution in [0.1, 0.15) is 36.8 Å². The van der Waals surface area contributed by atoms with Gasteiger partial charge >= 0.3 is 0 Å². The molecule has 19 heavy (non-hydrogen) atoms. The second-order valence-corrected chi connectivity index (χ2v) is 5.22. The summed E-state index contributed by atoms with van der Waals surface area (Å²) in [7, 11) is 1.96. The number of nitrogens with zero attached hydrogens (tertiary/aromatic N) is 1. The van der Waals surface area contributed by atoms with Crippen LogP contribution in [-0.4, -0.2) is 31.1 Å². The summed E-state index contributed by atoms with van der Waals surface area (Å²) < 4.78 is 25.4. The van der Waals surface area contributed by atoms with E-state index in [-0.39, 0.29) is 5.56 Å². The molecule has 106 valence electrons. The smallest absolute Gasteiger partial charge is 0.263 e. The summed E-state index contributed by atoms with van der Waals surface area (Å²) in [5.41, 5.74) is 1.11. The fourth-order valence-electron chi connectivity index (χ4n) is 2.80. The van der Waals surface area contributed by atoms with Gasteiger partial charge < -0.3 is 5.32 Å². The minimum atomic E-state index is -2.38. The van der Waals surface area contributed by atoms with E-state index >= 15 is 0 Å². The Morgan fingerprint density at radius 2 is 2.21 bits per heavy atom. The Kier molecular flexibility index (Phi) is 5.28. The molecule has 4 heteroatoms. The Balaban J connectivity index is 2.03. The number of piperidine rings is 1. The van der Waals surface area contributed by atoms with E-state index in [0.29, 0.717) is 6.04 Å². The summed E-state index contributed by atoms with van der Waals surface area (Å²) in [4.78, 5) is 2.41. The van der Waals surface area contributed by atoms with E-state index in [0.717, 1.165) is 25.2 Å². The van der Waals surface area contributed by atoms with E-state index < -0.39 is 6.43 Å². The van der Waals surface area contributed by atoms with Crippen molar-refractivity contribution < 1.29 is 8.78 Å². The second kappa shape index (κ2) is 6.96. The molecule has 0 spiro atoms. The van der Waals surface area contributed by atoms with Gasteiger partial charge in [-0.3, -0.25) is 4.90 Å². The minimum absolute atomic E-state index is 0.125. The highest BCUT2D eigenvalue weighted by molar-refractivity contribution is 5.24. The maximum atomic E-state index is 12.7. The molecular weight excluding hydrogens is 246 g/mol. The van der Waals surface area contributed by atoms with Gasteiger partial charge in [-0.15, -0.1) is 0 Å². The van der Waals surface area contributed by atoms with E-state index in [1.165, 1.54) is 25.3 Å². The predicted molar refractivity (Wildman–Crippen MR) is 73.4 cm³/mol. The molecule has 0 radical (unpaired) electrons. The van der Waals surface area contributed by atoms with Crippen molar-refractivity contribution in [3.05, 3.63) is 35.4 Å². The molecule has 1 aromatic rings. The Morgan fingerprint density at radius 3 is 2.95 bits per heavy atom. The van der Waals surface area contributed by atoms with Crippen molar-refractivity contribution in [1.29, 1.82) is 0 Å². The lowest BCUT2D eigenvalue weighted by Crippen LogP contribution is -2.44. The van der Waals surface area contributed by atoms with Crippen LogP contribution >= 0.6 is 0 Å². The van der Waals surface area contributed by atoms with Crippen LogP contribution in [0.15, 0.2) is 24.3 Å². The molecule has 0 aromatic heterocycles. The number of benzene rings is 1. The normalized spacial score (nSPS) is 20.9. The highest BCUT2D eigenvalue weighted by Gasteiger charge is 2.21. The summed E-state index contributed by atoms with van der Waals surface area (Å²) in [6.45, 7) is 2.80. The lowest BCUT2D eigenvalue weighted by atomic mass is 10.0. The maximum absolute atomic E-state index is 12.7. The van der Waals surface area contributed by atoms with Gasteiger partial charge in [0.1, 0.15) is 0 Å². The molecule has 1 unspecified atom stereocenters. The second-order valence-electron chi connectivity index (χ2n) is 5.22. The minimum Gasteiger partial charge on any atom is -0.318 e. The summed E-state index contributed by atoms with van der Waals surface area (Å²) in [5, 5.41) is 3.22. The van der Waals surface area contributed by atoms with Gasteiger partial charge in [0.05, 0.1) is 0 Å². The Bertz CT molecular complexity index is 393. The molecular formula is C15H22F2N2. The monoisotopic (exact) mass is 268 g/mol. The first kappa shape index (κ1) is 14.4. The van der Waals surface area contributed by atoms with Crippen molar-refractivity contribution in [3.8, 4) is 0 Å². The lowest BCUT2D eigenvalue weighted by molar-refractivity contribution is 0.138. The van der Waals surface area contributed by atoms with Gasteiger partial charge in [-0.2, -0.15) is 0 Å². The highest BCUT2D eigenvalue weighted by atomic mass is 19.3. The van der Waals surface area contributed by atoms with Crippen molar-refractivity contribution in [1.82, 2.24) is 10.2 Å². The first-order valence-electron chi connectivity index (χ1n) is 6.96. The summed E-state index contributed by atoms with van der Waals surface area (Å²) in [6.07, 6.45) is 1.28. The molecule has 1 aliphatic rings. The van der Waals surface area contributed by atoms with Gasteiger partial charge in [0.15, 0.2) is 0 Å². The zero-order valence-corrected chi connectivity index (χ0v) is 11.4. The molecule has 0 aliphatic carbocycles. The third-order valence-electron chi connectivity index (χ3n) is 3.78. The van der Waals surface area contributed by atoms with Crippen LogP contribution < -0.4 is 5.32 Å². The molecule has 2 nitrogen and oxygen atoms in total. The largest absolute Gasteiger partial charge is 0.318 e. The number of likely N-dealkylation sites (N-methyl/N-ethyl adjacent to an activating group) is 1. The quantitative estimate of drug-likeness (QED) is 0.882. The number of alkyl halides is 2. The average molecular weight is 268 g/mol. The Hall–Kier alpha value is -1.00. The van der Waals surface area contributed by atoms with Crippen LogP contribution in [0.4, 0.5) is 8.78 Å². The van der Waals surface area contributed by atoms with Crippen LogP contribution in [0.5, 0.6) is 0 Å². The van der Waals surface area contributed by atoms with E-state index in [9.17, 15) is 8.78 Å². The van der Waals surface area contributed by atoms with Crippen molar-refractivity contribution in [2.24, 2.45) is 0 Å². The average Bonchev–Trinajstić information content (AvgIpc) is 2.41. The third-order valence-corrected chi connectivity index (χ3v) is 3.78. The fourth-order valence-corrected chi connectivity index (χ4v) is 2.80. The Labute approximate surface area is 113 Å². The first-order chi connectivity index (χ1) is 9.20. The molecule has 1 aromatic carbocycles. The third kappa shape index (κ3) is 3.98. The SMILES string of the molecule is CNCC1CCCCN1Cc1cccc(C(F)F)c1. The molecule has 1 atom stereocenters. The summed E-state index contributed by atoms with van der Waals surface area (Å²) in [5.74, 6) is 0. The molecule has 1 heterocycles. The van der Waals surface area contributed by atoms with Gasteiger partial charge in [-0.05, 0) is 38.1 Å². The number of likely N-dealkylation sites (tertiary alicyclic amines) is 1. The van der Waals surface area contributed by atoms with Gasteiger partial charge in [-0.25, -0.2) is 8.78 Å². The predicted octanol–water partition coefficient (Wildman–Crippen LogP) is 3.20. The van der Waals surface area contributed by atoms with Crippen molar-refractivity contribution in [2.45, 2.75) is 38.3 Å². The molecule has 0 amide bonds. The molecule has 1 aliphatic heterocycles. The maximum Gasteiger partial charge on any atom is 0.263 e. The van der Waals surface area contributed by atoms with Crippen molar-refractivity contribution in [2.75, 3.05) is 20.1 Å². The van der Waals surface area contributed by atoms with E-state index in [1.807, 2.05) is 13.1 Å². The zero-order chi connectivity index (χ0) is 13.7. The molecule has 0 bridgehead atoms. The molecule has 1 saturated heterocycles. The standard InChI is InChI=1S/C15H22F2N2/c1-18-10-14-7-2-3-8-19(14)11-12-5-4-6-13(9-12)15(16)17/h4-6,9,14-15,18H,2-3,7-8,10-11H2,1H3. The number of nitrogens with one attached hydrogen (secondary N) is 1. The van der Waals surface area contributed by atoms with Crippen LogP contribution in [-0.2, 0) is 6.54 Å². The fraction of sp³-hybridized carbons (Fsp3) is 0.600.